The molecule has 24 heavy (non-hydrogen) atoms. The number of ether oxygens (including phenoxy) is 2. The molecule has 0 amide bonds. The third-order valence-corrected chi connectivity index (χ3v) is 6.80. The Morgan fingerprint density at radius 1 is 1.17 bits per heavy atom. The minimum atomic E-state index is 0.446. The van der Waals surface area contributed by atoms with Crippen LogP contribution in [-0.2, 0) is 16.0 Å². The normalized spacial score (nSPS) is 34.4. The molecule has 5 rings (SSSR count). The van der Waals surface area contributed by atoms with E-state index in [0.717, 1.165) is 45.4 Å². The molecule has 3 unspecified atom stereocenters. The van der Waals surface area contributed by atoms with E-state index in [0.29, 0.717) is 17.6 Å². The van der Waals surface area contributed by atoms with Gasteiger partial charge in [-0.3, -0.25) is 4.90 Å². The smallest absolute Gasteiger partial charge is 0.0699 e. The fourth-order valence-corrected chi connectivity index (χ4v) is 5.41. The Morgan fingerprint density at radius 3 is 2.83 bits per heavy atom. The van der Waals surface area contributed by atoms with E-state index in [1.807, 2.05) is 0 Å². The molecule has 4 aliphatic rings. The van der Waals surface area contributed by atoms with Gasteiger partial charge in [0, 0.05) is 49.3 Å². The summed E-state index contributed by atoms with van der Waals surface area (Å²) in [6.45, 7) is 5.82. The van der Waals surface area contributed by atoms with Gasteiger partial charge in [0.2, 0.25) is 0 Å². The molecule has 0 radical (unpaired) electrons. The summed E-state index contributed by atoms with van der Waals surface area (Å²) < 4.78 is 11.5. The third kappa shape index (κ3) is 2.39. The van der Waals surface area contributed by atoms with Crippen molar-refractivity contribution in [3.63, 3.8) is 0 Å². The average Bonchev–Trinajstić information content (AvgIpc) is 2.98. The topological polar surface area (TPSA) is 33.7 Å². The van der Waals surface area contributed by atoms with E-state index in [4.69, 9.17) is 9.47 Å². The van der Waals surface area contributed by atoms with Crippen molar-refractivity contribution in [2.45, 2.75) is 44.4 Å². The SMILES string of the molecule is c1cc(CN2CCOCC2)cc(NC2C3CCOC3C23CCC3)c1. The summed E-state index contributed by atoms with van der Waals surface area (Å²) in [5.74, 6) is 0.730. The molecular formula is C20H28N2O2. The van der Waals surface area contributed by atoms with Crippen molar-refractivity contribution in [3.8, 4) is 0 Å². The van der Waals surface area contributed by atoms with Crippen molar-refractivity contribution in [2.24, 2.45) is 11.3 Å². The first-order valence-electron chi connectivity index (χ1n) is 9.62. The van der Waals surface area contributed by atoms with Crippen LogP contribution in [0.2, 0.25) is 0 Å². The highest BCUT2D eigenvalue weighted by molar-refractivity contribution is 5.49. The Balaban J connectivity index is 1.28. The predicted octanol–water partition coefficient (Wildman–Crippen LogP) is 2.89. The van der Waals surface area contributed by atoms with Gasteiger partial charge in [-0.25, -0.2) is 0 Å². The molecule has 4 fully saturated rings. The van der Waals surface area contributed by atoms with E-state index < -0.39 is 0 Å². The first-order valence-corrected chi connectivity index (χ1v) is 9.62. The van der Waals surface area contributed by atoms with Crippen LogP contribution in [0.15, 0.2) is 24.3 Å². The lowest BCUT2D eigenvalue weighted by Crippen LogP contribution is -2.68. The Bertz CT molecular complexity index is 595. The number of benzene rings is 1. The largest absolute Gasteiger partial charge is 0.381 e. The number of hydrogen-bond acceptors (Lipinski definition) is 4. The van der Waals surface area contributed by atoms with E-state index in [9.17, 15) is 0 Å². The van der Waals surface area contributed by atoms with Crippen LogP contribution in [0.5, 0.6) is 0 Å². The molecular weight excluding hydrogens is 300 g/mol. The summed E-state index contributed by atoms with van der Waals surface area (Å²) in [6, 6.07) is 9.66. The van der Waals surface area contributed by atoms with Crippen molar-refractivity contribution >= 4 is 5.69 Å². The highest BCUT2D eigenvalue weighted by Crippen LogP contribution is 2.63. The van der Waals surface area contributed by atoms with Crippen LogP contribution in [0.25, 0.3) is 0 Å². The van der Waals surface area contributed by atoms with Crippen LogP contribution in [-0.4, -0.2) is 50.0 Å². The molecule has 0 bridgehead atoms. The fraction of sp³-hybridized carbons (Fsp3) is 0.700. The Hall–Kier alpha value is -1.10. The molecule has 4 heteroatoms. The van der Waals surface area contributed by atoms with E-state index in [2.05, 4.69) is 34.5 Å². The van der Waals surface area contributed by atoms with Gasteiger partial charge in [0.1, 0.15) is 0 Å². The number of anilines is 1. The molecule has 1 N–H and O–H groups in total. The van der Waals surface area contributed by atoms with Gasteiger partial charge in [0.25, 0.3) is 0 Å². The van der Waals surface area contributed by atoms with Crippen LogP contribution >= 0.6 is 0 Å². The molecule has 4 nitrogen and oxygen atoms in total. The second-order valence-electron chi connectivity index (χ2n) is 8.04. The van der Waals surface area contributed by atoms with Crippen LogP contribution in [0.1, 0.15) is 31.2 Å². The lowest BCUT2D eigenvalue weighted by atomic mass is 9.46. The van der Waals surface area contributed by atoms with Crippen LogP contribution in [0.4, 0.5) is 5.69 Å². The number of rotatable bonds is 4. The maximum absolute atomic E-state index is 6.04. The van der Waals surface area contributed by atoms with Gasteiger partial charge in [-0.1, -0.05) is 18.6 Å². The van der Waals surface area contributed by atoms with Gasteiger partial charge in [0.05, 0.1) is 19.3 Å². The Morgan fingerprint density at radius 2 is 2.04 bits per heavy atom. The van der Waals surface area contributed by atoms with Crippen LogP contribution < -0.4 is 5.32 Å². The lowest BCUT2D eigenvalue weighted by molar-refractivity contribution is -0.158. The molecule has 2 heterocycles. The van der Waals surface area contributed by atoms with Crippen LogP contribution in [0.3, 0.4) is 0 Å². The van der Waals surface area contributed by atoms with Gasteiger partial charge >= 0.3 is 0 Å². The zero-order chi connectivity index (χ0) is 16.0. The summed E-state index contributed by atoms with van der Waals surface area (Å²) >= 11 is 0. The number of nitrogens with one attached hydrogen (secondary N) is 1. The average molecular weight is 328 g/mol. The molecule has 0 aromatic heterocycles. The van der Waals surface area contributed by atoms with E-state index in [-0.39, 0.29) is 0 Å². The van der Waals surface area contributed by atoms with Gasteiger partial charge in [-0.15, -0.1) is 0 Å². The molecule has 2 saturated carbocycles. The number of nitrogens with zero attached hydrogens (tertiary/aromatic N) is 1. The van der Waals surface area contributed by atoms with E-state index in [1.54, 1.807) is 0 Å². The van der Waals surface area contributed by atoms with Crippen molar-refractivity contribution in [1.82, 2.24) is 4.90 Å². The first kappa shape index (κ1) is 15.2. The summed E-state index contributed by atoms with van der Waals surface area (Å²) in [5, 5.41) is 3.90. The Kier molecular flexibility index (Phi) is 3.80. The van der Waals surface area contributed by atoms with Crippen molar-refractivity contribution < 1.29 is 9.47 Å². The van der Waals surface area contributed by atoms with Crippen molar-refractivity contribution in [1.29, 1.82) is 0 Å². The summed E-state index contributed by atoms with van der Waals surface area (Å²) in [7, 11) is 0. The molecule has 1 spiro atoms. The minimum absolute atomic E-state index is 0.446. The molecule has 2 aliphatic heterocycles. The monoisotopic (exact) mass is 328 g/mol. The maximum atomic E-state index is 6.04. The van der Waals surface area contributed by atoms with Crippen molar-refractivity contribution in [2.75, 3.05) is 38.2 Å². The first-order chi connectivity index (χ1) is 11.9. The highest BCUT2D eigenvalue weighted by atomic mass is 16.5. The van der Waals surface area contributed by atoms with Gasteiger partial charge < -0.3 is 14.8 Å². The molecule has 1 aromatic rings. The fourth-order valence-electron chi connectivity index (χ4n) is 5.41. The van der Waals surface area contributed by atoms with E-state index in [1.165, 1.54) is 36.9 Å². The second kappa shape index (κ2) is 6.01. The highest BCUT2D eigenvalue weighted by Gasteiger charge is 2.66. The third-order valence-electron chi connectivity index (χ3n) is 6.80. The van der Waals surface area contributed by atoms with E-state index >= 15 is 0 Å². The minimum Gasteiger partial charge on any atom is -0.381 e. The van der Waals surface area contributed by atoms with Gasteiger partial charge in [-0.2, -0.15) is 0 Å². The quantitative estimate of drug-likeness (QED) is 0.921. The number of fused-ring (bicyclic) bond motifs is 2. The standard InChI is InChI=1S/C20H28N2O2/c1-3-15(14-22-8-11-23-12-9-22)13-16(4-1)21-18-17-5-10-24-19(17)20(18)6-2-7-20/h1,3-4,13,17-19,21H,2,5-12,14H2. The molecule has 2 aliphatic carbocycles. The van der Waals surface area contributed by atoms with Gasteiger partial charge in [-0.05, 0) is 37.0 Å². The molecule has 1 aromatic carbocycles. The second-order valence-corrected chi connectivity index (χ2v) is 8.04. The molecule has 3 atom stereocenters. The van der Waals surface area contributed by atoms with Crippen LogP contribution in [0, 0.1) is 11.3 Å². The lowest BCUT2D eigenvalue weighted by Gasteiger charge is -2.63. The summed E-state index contributed by atoms with van der Waals surface area (Å²) in [5.41, 5.74) is 3.15. The van der Waals surface area contributed by atoms with Crippen molar-refractivity contribution in [3.05, 3.63) is 29.8 Å². The summed E-state index contributed by atoms with van der Waals surface area (Å²) in [6.07, 6.45) is 5.85. The maximum Gasteiger partial charge on any atom is 0.0699 e. The molecule has 130 valence electrons. The number of morpholine rings is 1. The zero-order valence-corrected chi connectivity index (χ0v) is 14.4. The van der Waals surface area contributed by atoms with Gasteiger partial charge in [0.15, 0.2) is 0 Å². The number of hydrogen-bond donors (Lipinski definition) is 1. The summed E-state index contributed by atoms with van der Waals surface area (Å²) in [4.78, 5) is 2.49. The predicted molar refractivity (Wildman–Crippen MR) is 94.1 cm³/mol. The zero-order valence-electron chi connectivity index (χ0n) is 14.4. The Labute approximate surface area is 144 Å². The molecule has 2 saturated heterocycles.